The number of hydrogen-bond acceptors (Lipinski definition) is 3. The molecular weight excluding hydrogens is 132 g/mol. The average molecular weight is 144 g/mol. The van der Waals surface area contributed by atoms with Crippen molar-refractivity contribution in [2.24, 2.45) is 0 Å². The smallest absolute Gasteiger partial charge is 0.306 e. The highest BCUT2D eigenvalue weighted by molar-refractivity contribution is 5.69. The van der Waals surface area contributed by atoms with E-state index in [9.17, 15) is 4.79 Å². The highest BCUT2D eigenvalue weighted by Crippen LogP contribution is 2.39. The first-order valence-corrected chi connectivity index (χ1v) is 3.55. The van der Waals surface area contributed by atoms with Crippen molar-refractivity contribution in [3.63, 3.8) is 0 Å². The quantitative estimate of drug-likeness (QED) is 0.585. The third-order valence-corrected chi connectivity index (χ3v) is 1.71. The van der Waals surface area contributed by atoms with Crippen molar-refractivity contribution in [3.05, 3.63) is 0 Å². The largest absolute Gasteiger partial charge is 0.457 e. The molecule has 0 aromatic heterocycles. The van der Waals surface area contributed by atoms with Gasteiger partial charge >= 0.3 is 5.97 Å². The van der Waals surface area contributed by atoms with Crippen LogP contribution in [0.15, 0.2) is 0 Å². The summed E-state index contributed by atoms with van der Waals surface area (Å²) >= 11 is 0. The van der Waals surface area contributed by atoms with Gasteiger partial charge in [-0.05, 0) is 12.8 Å². The van der Waals surface area contributed by atoms with E-state index in [1.165, 1.54) is 0 Å². The van der Waals surface area contributed by atoms with Gasteiger partial charge in [0.2, 0.25) is 0 Å². The second-order valence-corrected chi connectivity index (χ2v) is 2.67. The number of carbonyl (C=O) groups is 1. The first-order valence-electron chi connectivity index (χ1n) is 3.55. The van der Waals surface area contributed by atoms with Gasteiger partial charge in [-0.25, -0.2) is 0 Å². The van der Waals surface area contributed by atoms with Gasteiger partial charge in [0.15, 0.2) is 0 Å². The molecule has 0 amide bonds. The van der Waals surface area contributed by atoms with Gasteiger partial charge in [0.05, 0.1) is 6.61 Å². The maximum atomic E-state index is 10.7. The highest BCUT2D eigenvalue weighted by Gasteiger charge is 2.45. The zero-order chi connectivity index (χ0) is 7.61. The van der Waals surface area contributed by atoms with Crippen LogP contribution in [0.4, 0.5) is 0 Å². The number of aliphatic hydroxyl groups excluding tert-OH is 1. The van der Waals surface area contributed by atoms with E-state index in [4.69, 9.17) is 9.84 Å². The standard InChI is InChI=1S/C7H12O3/c1-2-6(9)10-7(5-8)3-4-7/h8H,2-5H2,1H3. The second kappa shape index (κ2) is 2.58. The van der Waals surface area contributed by atoms with E-state index in [2.05, 4.69) is 0 Å². The van der Waals surface area contributed by atoms with Crippen LogP contribution in [0, 0.1) is 0 Å². The summed E-state index contributed by atoms with van der Waals surface area (Å²) in [4.78, 5) is 10.7. The molecule has 0 radical (unpaired) electrons. The van der Waals surface area contributed by atoms with Gasteiger partial charge in [-0.3, -0.25) is 4.79 Å². The lowest BCUT2D eigenvalue weighted by Crippen LogP contribution is -2.22. The lowest BCUT2D eigenvalue weighted by molar-refractivity contribution is -0.153. The third-order valence-electron chi connectivity index (χ3n) is 1.71. The summed E-state index contributed by atoms with van der Waals surface area (Å²) in [6.07, 6.45) is 2.02. The predicted octanol–water partition coefficient (Wildman–Crippen LogP) is 0.464. The van der Waals surface area contributed by atoms with Gasteiger partial charge in [-0.1, -0.05) is 6.92 Å². The van der Waals surface area contributed by atoms with Crippen LogP contribution in [0.25, 0.3) is 0 Å². The van der Waals surface area contributed by atoms with Crippen LogP contribution >= 0.6 is 0 Å². The van der Waals surface area contributed by atoms with Gasteiger partial charge < -0.3 is 9.84 Å². The molecule has 0 aromatic rings. The van der Waals surface area contributed by atoms with Crippen LogP contribution in [0.2, 0.25) is 0 Å². The highest BCUT2D eigenvalue weighted by atomic mass is 16.6. The molecule has 58 valence electrons. The van der Waals surface area contributed by atoms with Crippen molar-refractivity contribution >= 4 is 5.97 Å². The monoisotopic (exact) mass is 144 g/mol. The molecule has 0 unspecified atom stereocenters. The van der Waals surface area contributed by atoms with Crippen molar-refractivity contribution in [1.82, 2.24) is 0 Å². The molecule has 3 heteroatoms. The molecule has 0 atom stereocenters. The topological polar surface area (TPSA) is 46.5 Å². The molecule has 0 spiro atoms. The second-order valence-electron chi connectivity index (χ2n) is 2.67. The first-order chi connectivity index (χ1) is 4.72. The summed E-state index contributed by atoms with van der Waals surface area (Å²) in [7, 11) is 0. The van der Waals surface area contributed by atoms with E-state index < -0.39 is 5.60 Å². The molecule has 1 saturated carbocycles. The fraction of sp³-hybridized carbons (Fsp3) is 0.857. The summed E-state index contributed by atoms with van der Waals surface area (Å²) in [6.45, 7) is 1.72. The first kappa shape index (κ1) is 7.54. The van der Waals surface area contributed by atoms with Crippen molar-refractivity contribution in [3.8, 4) is 0 Å². The summed E-state index contributed by atoms with van der Waals surface area (Å²) in [5.74, 6) is -0.216. The molecule has 0 bridgehead atoms. The van der Waals surface area contributed by atoms with E-state index in [-0.39, 0.29) is 12.6 Å². The molecule has 0 saturated heterocycles. The van der Waals surface area contributed by atoms with Gasteiger partial charge in [0.1, 0.15) is 5.60 Å². The van der Waals surface area contributed by atoms with E-state index in [0.29, 0.717) is 6.42 Å². The zero-order valence-electron chi connectivity index (χ0n) is 6.09. The Labute approximate surface area is 60.0 Å². The summed E-state index contributed by atoms with van der Waals surface area (Å²) in [6, 6.07) is 0. The molecule has 1 rings (SSSR count). The fourth-order valence-electron chi connectivity index (χ4n) is 0.746. The Morgan fingerprint density at radius 1 is 1.70 bits per heavy atom. The minimum Gasteiger partial charge on any atom is -0.457 e. The Balaban J connectivity index is 2.30. The van der Waals surface area contributed by atoms with Crippen molar-refractivity contribution in [1.29, 1.82) is 0 Å². The third kappa shape index (κ3) is 1.48. The summed E-state index contributed by atoms with van der Waals surface area (Å²) in [5.41, 5.74) is -0.479. The molecule has 1 aliphatic rings. The predicted molar refractivity (Wildman–Crippen MR) is 35.4 cm³/mol. The van der Waals surface area contributed by atoms with Gasteiger partial charge in [0, 0.05) is 6.42 Å². The lowest BCUT2D eigenvalue weighted by atomic mass is 10.3. The SMILES string of the molecule is CCC(=O)OC1(CO)CC1. The molecule has 1 N–H and O–H groups in total. The van der Waals surface area contributed by atoms with Crippen LogP contribution in [0.5, 0.6) is 0 Å². The Kier molecular flexibility index (Phi) is 1.94. The molecule has 1 aliphatic carbocycles. The van der Waals surface area contributed by atoms with Gasteiger partial charge in [-0.15, -0.1) is 0 Å². The van der Waals surface area contributed by atoms with E-state index in [0.717, 1.165) is 12.8 Å². The molecule has 0 aliphatic heterocycles. The maximum absolute atomic E-state index is 10.7. The lowest BCUT2D eigenvalue weighted by Gasteiger charge is -2.11. The maximum Gasteiger partial charge on any atom is 0.306 e. The minimum atomic E-state index is -0.479. The summed E-state index contributed by atoms with van der Waals surface area (Å²) in [5, 5.41) is 8.72. The van der Waals surface area contributed by atoms with E-state index in [1.807, 2.05) is 0 Å². The number of carbonyl (C=O) groups excluding carboxylic acids is 1. The molecular formula is C7H12O3. The van der Waals surface area contributed by atoms with Gasteiger partial charge in [0.25, 0.3) is 0 Å². The van der Waals surface area contributed by atoms with E-state index in [1.54, 1.807) is 6.92 Å². The number of aliphatic hydroxyl groups is 1. The van der Waals surface area contributed by atoms with Crippen LogP contribution in [-0.4, -0.2) is 23.3 Å². The number of hydrogen-bond donors (Lipinski definition) is 1. The molecule has 10 heavy (non-hydrogen) atoms. The Morgan fingerprint density at radius 2 is 2.30 bits per heavy atom. The molecule has 0 aromatic carbocycles. The number of ether oxygens (including phenoxy) is 1. The van der Waals surface area contributed by atoms with Crippen LogP contribution < -0.4 is 0 Å². The molecule has 0 heterocycles. The Morgan fingerprint density at radius 3 is 2.60 bits per heavy atom. The number of rotatable bonds is 3. The van der Waals surface area contributed by atoms with Crippen LogP contribution in [-0.2, 0) is 9.53 Å². The van der Waals surface area contributed by atoms with E-state index >= 15 is 0 Å². The average Bonchev–Trinajstić information content (AvgIpc) is 2.70. The van der Waals surface area contributed by atoms with Crippen LogP contribution in [0.1, 0.15) is 26.2 Å². The molecule has 3 nitrogen and oxygen atoms in total. The summed E-state index contributed by atoms with van der Waals surface area (Å²) < 4.78 is 4.96. The van der Waals surface area contributed by atoms with Crippen LogP contribution in [0.3, 0.4) is 0 Å². The Hall–Kier alpha value is -0.570. The van der Waals surface area contributed by atoms with Crippen molar-refractivity contribution in [2.45, 2.75) is 31.8 Å². The Bertz CT molecular complexity index is 138. The van der Waals surface area contributed by atoms with Gasteiger partial charge in [-0.2, -0.15) is 0 Å². The normalized spacial score (nSPS) is 20.2. The van der Waals surface area contributed by atoms with Crippen molar-refractivity contribution in [2.75, 3.05) is 6.61 Å². The number of esters is 1. The molecule has 1 fully saturated rings. The zero-order valence-corrected chi connectivity index (χ0v) is 6.09. The minimum absolute atomic E-state index is 0.0290. The van der Waals surface area contributed by atoms with Crippen molar-refractivity contribution < 1.29 is 14.6 Å². The fourth-order valence-corrected chi connectivity index (χ4v) is 0.746.